The first-order valence-electron chi connectivity index (χ1n) is 9.59. The number of para-hydroxylation sites is 1. The Hall–Kier alpha value is -3.14. The summed E-state index contributed by atoms with van der Waals surface area (Å²) in [7, 11) is -4.30. The van der Waals surface area contributed by atoms with Gasteiger partial charge in [-0.1, -0.05) is 54.6 Å². The van der Waals surface area contributed by atoms with Crippen LogP contribution in [0.25, 0.3) is 0 Å². The Morgan fingerprint density at radius 2 is 1.53 bits per heavy atom. The lowest BCUT2D eigenvalue weighted by Gasteiger charge is -2.33. The number of rotatable bonds is 5. The predicted octanol–water partition coefficient (Wildman–Crippen LogP) is 3.53. The maximum absolute atomic E-state index is 13.4. The molecule has 7 nitrogen and oxygen atoms in total. The molecule has 1 N–H and O–H groups in total. The first-order valence-corrected chi connectivity index (χ1v) is 11.8. The van der Waals surface area contributed by atoms with Crippen LogP contribution in [0.4, 0.5) is 5.69 Å². The molecule has 1 heterocycles. The fourth-order valence-corrected chi connectivity index (χ4v) is 5.61. The number of sulfonamides is 1. The number of nitrogens with one attached hydrogen (secondary N) is 1. The van der Waals surface area contributed by atoms with E-state index in [-0.39, 0.29) is 16.0 Å². The fraction of sp³-hybridized carbons (Fsp3) is 0.0870. The summed E-state index contributed by atoms with van der Waals surface area (Å²) >= 11 is 3.31. The summed E-state index contributed by atoms with van der Waals surface area (Å²) in [5.74, 6) is -2.04. The largest absolute Gasteiger partial charge is 0.324 e. The average molecular weight is 513 g/mol. The van der Waals surface area contributed by atoms with E-state index >= 15 is 0 Å². The van der Waals surface area contributed by atoms with E-state index in [2.05, 4.69) is 21.2 Å². The van der Waals surface area contributed by atoms with E-state index in [1.807, 2.05) is 0 Å². The van der Waals surface area contributed by atoms with Crippen LogP contribution in [0.2, 0.25) is 0 Å². The highest BCUT2D eigenvalue weighted by molar-refractivity contribution is 9.10. The second-order valence-electron chi connectivity index (χ2n) is 7.07. The summed E-state index contributed by atoms with van der Waals surface area (Å²) in [4.78, 5) is 39.1. The van der Waals surface area contributed by atoms with Gasteiger partial charge in [0.25, 0.3) is 0 Å². The highest BCUT2D eigenvalue weighted by atomic mass is 79.9. The smallest absolute Gasteiger partial charge is 0.245 e. The molecule has 3 aromatic rings. The maximum Gasteiger partial charge on any atom is 0.245 e. The zero-order valence-corrected chi connectivity index (χ0v) is 19.0. The number of ketones is 2. The minimum atomic E-state index is -4.30. The molecule has 9 heteroatoms. The fourth-order valence-electron chi connectivity index (χ4n) is 3.52. The Morgan fingerprint density at radius 1 is 0.906 bits per heavy atom. The molecule has 1 atom stereocenters. The lowest BCUT2D eigenvalue weighted by atomic mass is 9.96. The van der Waals surface area contributed by atoms with Crippen molar-refractivity contribution in [3.63, 3.8) is 0 Å². The molecule has 0 saturated carbocycles. The van der Waals surface area contributed by atoms with E-state index in [0.717, 1.165) is 0 Å². The third kappa shape index (κ3) is 4.02. The number of hydrogen-bond donors (Lipinski definition) is 1. The van der Waals surface area contributed by atoms with Crippen LogP contribution in [0.15, 0.2) is 88.2 Å². The van der Waals surface area contributed by atoms with Crippen molar-refractivity contribution in [2.75, 3.05) is 11.9 Å². The monoisotopic (exact) mass is 512 g/mol. The van der Waals surface area contributed by atoms with Gasteiger partial charge in [-0.2, -0.15) is 4.31 Å². The number of halogens is 1. The molecule has 0 spiro atoms. The summed E-state index contributed by atoms with van der Waals surface area (Å²) in [6.45, 7) is -0.701. The highest BCUT2D eigenvalue weighted by Crippen LogP contribution is 2.31. The third-order valence-corrected chi connectivity index (χ3v) is 7.59. The van der Waals surface area contributed by atoms with Crippen molar-refractivity contribution < 1.29 is 22.8 Å². The summed E-state index contributed by atoms with van der Waals surface area (Å²) in [6.07, 6.45) is 0. The van der Waals surface area contributed by atoms with Crippen molar-refractivity contribution in [1.29, 1.82) is 0 Å². The predicted molar refractivity (Wildman–Crippen MR) is 122 cm³/mol. The number of anilines is 1. The number of carbonyl (C=O) groups is 3. The Bertz CT molecular complexity index is 1320. The average Bonchev–Trinajstić information content (AvgIpc) is 2.79. The normalized spacial score (nSPS) is 17.4. The van der Waals surface area contributed by atoms with Crippen molar-refractivity contribution >= 4 is 49.1 Å². The molecule has 0 saturated heterocycles. The second-order valence-corrected chi connectivity index (χ2v) is 9.78. The van der Waals surface area contributed by atoms with Gasteiger partial charge in [0.15, 0.2) is 17.6 Å². The quantitative estimate of drug-likeness (QED) is 0.416. The lowest BCUT2D eigenvalue weighted by Crippen LogP contribution is -2.55. The number of nitrogens with zero attached hydrogens (tertiary/aromatic N) is 1. The van der Waals surface area contributed by atoms with Crippen LogP contribution in [0.5, 0.6) is 0 Å². The number of hydrogen-bond acceptors (Lipinski definition) is 5. The minimum Gasteiger partial charge on any atom is -0.324 e. The van der Waals surface area contributed by atoms with Crippen LogP contribution >= 0.6 is 15.9 Å². The summed E-state index contributed by atoms with van der Waals surface area (Å²) in [5.41, 5.74) is 0.547. The van der Waals surface area contributed by atoms with Gasteiger partial charge < -0.3 is 5.32 Å². The van der Waals surface area contributed by atoms with Gasteiger partial charge in [-0.3, -0.25) is 14.4 Å². The number of amides is 1. The van der Waals surface area contributed by atoms with Gasteiger partial charge in [0, 0.05) is 15.6 Å². The molecule has 32 heavy (non-hydrogen) atoms. The van der Waals surface area contributed by atoms with E-state index < -0.39 is 40.1 Å². The van der Waals surface area contributed by atoms with Gasteiger partial charge in [-0.15, -0.1) is 0 Å². The molecule has 4 rings (SSSR count). The standard InChI is InChI=1S/C23H17BrN2O5S/c24-17-11-5-6-12-18(17)25-20(27)14-26-21(22(28)15-8-2-1-3-9-15)23(29)16-10-4-7-13-19(16)32(26,30)31/h1-13,21H,14H2,(H,25,27). The molecule has 1 unspecified atom stereocenters. The minimum absolute atomic E-state index is 0.0655. The Kier molecular flexibility index (Phi) is 6.05. The van der Waals surface area contributed by atoms with Gasteiger partial charge in [0.1, 0.15) is 0 Å². The Labute approximate surface area is 193 Å². The van der Waals surface area contributed by atoms with Gasteiger partial charge >= 0.3 is 0 Å². The van der Waals surface area contributed by atoms with Gasteiger partial charge in [-0.05, 0) is 40.2 Å². The summed E-state index contributed by atoms with van der Waals surface area (Å²) in [5, 5.41) is 2.62. The Morgan fingerprint density at radius 3 is 2.25 bits per heavy atom. The number of Topliss-reactive ketones (excluding diaryl/α,β-unsaturated/α-hetero) is 2. The second kappa shape index (κ2) is 8.78. The van der Waals surface area contributed by atoms with E-state index in [1.54, 1.807) is 42.5 Å². The van der Waals surface area contributed by atoms with E-state index in [0.29, 0.717) is 14.5 Å². The SMILES string of the molecule is O=C(CN1C(C(=O)c2ccccc2)C(=O)c2ccccc2S1(=O)=O)Nc1ccccc1Br. The summed E-state index contributed by atoms with van der Waals surface area (Å²) in [6, 6.07) is 18.8. The molecule has 0 aromatic heterocycles. The molecule has 0 radical (unpaired) electrons. The maximum atomic E-state index is 13.4. The zero-order valence-electron chi connectivity index (χ0n) is 16.6. The molecular weight excluding hydrogens is 496 g/mol. The van der Waals surface area contributed by atoms with Crippen molar-refractivity contribution in [3.8, 4) is 0 Å². The molecule has 1 aliphatic rings. The van der Waals surface area contributed by atoms with E-state index in [4.69, 9.17) is 0 Å². The van der Waals surface area contributed by atoms with Crippen LogP contribution < -0.4 is 5.32 Å². The molecule has 162 valence electrons. The lowest BCUT2D eigenvalue weighted by molar-refractivity contribution is -0.116. The molecule has 0 aliphatic carbocycles. The molecule has 1 aliphatic heterocycles. The zero-order chi connectivity index (χ0) is 22.9. The van der Waals surface area contributed by atoms with Crippen molar-refractivity contribution in [1.82, 2.24) is 4.31 Å². The van der Waals surface area contributed by atoms with Gasteiger partial charge in [0.2, 0.25) is 15.9 Å². The Balaban J connectivity index is 1.75. The van der Waals surface area contributed by atoms with Crippen molar-refractivity contribution in [2.45, 2.75) is 10.9 Å². The topological polar surface area (TPSA) is 101 Å². The van der Waals surface area contributed by atoms with Crippen LogP contribution in [0.3, 0.4) is 0 Å². The molecule has 3 aromatic carbocycles. The van der Waals surface area contributed by atoms with E-state index in [9.17, 15) is 22.8 Å². The van der Waals surface area contributed by atoms with Crippen LogP contribution in [0.1, 0.15) is 20.7 Å². The molecule has 0 bridgehead atoms. The molecular formula is C23H17BrN2O5S. The van der Waals surface area contributed by atoms with Crippen molar-refractivity contribution in [3.05, 3.63) is 94.5 Å². The molecule has 1 amide bonds. The summed E-state index contributed by atoms with van der Waals surface area (Å²) < 4.78 is 28.1. The number of benzene rings is 3. The van der Waals surface area contributed by atoms with E-state index in [1.165, 1.54) is 36.4 Å². The van der Waals surface area contributed by atoms with Crippen molar-refractivity contribution in [2.24, 2.45) is 0 Å². The van der Waals surface area contributed by atoms with Crippen LogP contribution in [-0.4, -0.2) is 42.8 Å². The first kappa shape index (κ1) is 22.1. The first-order chi connectivity index (χ1) is 15.3. The number of carbonyl (C=O) groups excluding carboxylic acids is 3. The number of fused-ring (bicyclic) bond motifs is 1. The third-order valence-electron chi connectivity index (χ3n) is 5.03. The molecule has 0 fully saturated rings. The van der Waals surface area contributed by atoms with Gasteiger partial charge in [-0.25, -0.2) is 8.42 Å². The highest BCUT2D eigenvalue weighted by Gasteiger charge is 2.48. The van der Waals surface area contributed by atoms with Crippen LogP contribution in [0, 0.1) is 0 Å². The van der Waals surface area contributed by atoms with Crippen LogP contribution in [-0.2, 0) is 14.8 Å². The van der Waals surface area contributed by atoms with Gasteiger partial charge in [0.05, 0.1) is 17.1 Å².